The van der Waals surface area contributed by atoms with Crippen molar-refractivity contribution in [3.63, 3.8) is 0 Å². The van der Waals surface area contributed by atoms with E-state index < -0.39 is 0 Å². The Morgan fingerprint density at radius 3 is 2.89 bits per heavy atom. The highest BCUT2D eigenvalue weighted by Gasteiger charge is 2.25. The molecule has 0 aliphatic carbocycles. The molecule has 1 aliphatic heterocycles. The summed E-state index contributed by atoms with van der Waals surface area (Å²) in [6.07, 6.45) is 2.16. The van der Waals surface area contributed by atoms with E-state index in [2.05, 4.69) is 36.2 Å². The maximum absolute atomic E-state index is 12.1. The molecular formula is C15H20N2O. The van der Waals surface area contributed by atoms with Gasteiger partial charge >= 0.3 is 0 Å². The van der Waals surface area contributed by atoms with Gasteiger partial charge in [-0.3, -0.25) is 9.69 Å². The number of amides is 1. The molecule has 0 spiro atoms. The first-order chi connectivity index (χ1) is 8.58. The predicted octanol–water partition coefficient (Wildman–Crippen LogP) is 2.80. The maximum atomic E-state index is 12.1. The maximum Gasteiger partial charge on any atom is 0.241 e. The van der Waals surface area contributed by atoms with E-state index in [0.717, 1.165) is 18.8 Å². The SMILES string of the molecule is CC(C)=CCN1Cc2ccccc2NC(=O)C1C. The molecule has 1 aromatic rings. The Morgan fingerprint density at radius 2 is 2.17 bits per heavy atom. The molecule has 1 heterocycles. The molecule has 18 heavy (non-hydrogen) atoms. The number of benzene rings is 1. The Bertz CT molecular complexity index is 475. The molecule has 3 nitrogen and oxygen atoms in total. The van der Waals surface area contributed by atoms with Crippen LogP contribution < -0.4 is 5.32 Å². The Kier molecular flexibility index (Phi) is 3.82. The third-order valence-electron chi connectivity index (χ3n) is 3.31. The summed E-state index contributed by atoms with van der Waals surface area (Å²) in [5.74, 6) is 0.0714. The zero-order chi connectivity index (χ0) is 13.1. The first kappa shape index (κ1) is 12.8. The fourth-order valence-corrected chi connectivity index (χ4v) is 2.06. The fourth-order valence-electron chi connectivity index (χ4n) is 2.06. The van der Waals surface area contributed by atoms with Crippen molar-refractivity contribution in [2.24, 2.45) is 0 Å². The molecule has 1 unspecified atom stereocenters. The number of hydrogen-bond acceptors (Lipinski definition) is 2. The molecule has 1 aliphatic rings. The van der Waals surface area contributed by atoms with Crippen molar-refractivity contribution in [1.82, 2.24) is 4.90 Å². The van der Waals surface area contributed by atoms with Crippen LogP contribution in [-0.4, -0.2) is 23.4 Å². The van der Waals surface area contributed by atoms with E-state index in [0.29, 0.717) is 0 Å². The van der Waals surface area contributed by atoms with E-state index in [4.69, 9.17) is 0 Å². The van der Waals surface area contributed by atoms with Crippen LogP contribution in [0, 0.1) is 0 Å². The number of nitrogens with one attached hydrogen (secondary N) is 1. The summed E-state index contributed by atoms with van der Waals surface area (Å²) >= 11 is 0. The smallest absolute Gasteiger partial charge is 0.241 e. The zero-order valence-corrected chi connectivity index (χ0v) is 11.2. The number of rotatable bonds is 2. The summed E-state index contributed by atoms with van der Waals surface area (Å²) < 4.78 is 0. The molecule has 0 bridgehead atoms. The molecule has 0 aromatic heterocycles. The van der Waals surface area contributed by atoms with E-state index in [9.17, 15) is 4.79 Å². The van der Waals surface area contributed by atoms with Gasteiger partial charge in [-0.15, -0.1) is 0 Å². The van der Waals surface area contributed by atoms with Gasteiger partial charge in [-0.1, -0.05) is 29.8 Å². The quantitative estimate of drug-likeness (QED) is 0.811. The largest absolute Gasteiger partial charge is 0.324 e. The minimum Gasteiger partial charge on any atom is -0.324 e. The van der Waals surface area contributed by atoms with Crippen molar-refractivity contribution in [3.8, 4) is 0 Å². The summed E-state index contributed by atoms with van der Waals surface area (Å²) in [4.78, 5) is 14.2. The number of allylic oxidation sites excluding steroid dienone is 1. The number of hydrogen-bond donors (Lipinski definition) is 1. The summed E-state index contributed by atoms with van der Waals surface area (Å²) in [7, 11) is 0. The number of carbonyl (C=O) groups is 1. The van der Waals surface area contributed by atoms with Gasteiger partial charge in [-0.2, -0.15) is 0 Å². The topological polar surface area (TPSA) is 32.3 Å². The van der Waals surface area contributed by atoms with Crippen molar-refractivity contribution in [2.45, 2.75) is 33.4 Å². The molecule has 1 atom stereocenters. The van der Waals surface area contributed by atoms with Gasteiger partial charge in [0.05, 0.1) is 6.04 Å². The van der Waals surface area contributed by atoms with Crippen molar-refractivity contribution >= 4 is 11.6 Å². The molecule has 0 fully saturated rings. The lowest BCUT2D eigenvalue weighted by Crippen LogP contribution is -2.39. The molecule has 0 saturated heterocycles. The lowest BCUT2D eigenvalue weighted by atomic mass is 10.1. The number of fused-ring (bicyclic) bond motifs is 1. The molecule has 3 heteroatoms. The standard InChI is InChI=1S/C15H20N2O/c1-11(2)8-9-17-10-13-6-4-5-7-14(13)16-15(18)12(17)3/h4-8,12H,9-10H2,1-3H3,(H,16,18). The van der Waals surface area contributed by atoms with E-state index in [-0.39, 0.29) is 11.9 Å². The Balaban J connectivity index is 2.26. The summed E-state index contributed by atoms with van der Waals surface area (Å²) in [6.45, 7) is 7.73. The van der Waals surface area contributed by atoms with Crippen molar-refractivity contribution in [1.29, 1.82) is 0 Å². The average Bonchev–Trinajstić information content (AvgIpc) is 2.45. The Hall–Kier alpha value is -1.61. The molecule has 1 aromatic carbocycles. The van der Waals surface area contributed by atoms with Crippen LogP contribution in [-0.2, 0) is 11.3 Å². The van der Waals surface area contributed by atoms with Crippen molar-refractivity contribution in [2.75, 3.05) is 11.9 Å². The normalized spacial score (nSPS) is 19.7. The number of anilines is 1. The second kappa shape index (κ2) is 5.36. The van der Waals surface area contributed by atoms with Crippen LogP contribution in [0.15, 0.2) is 35.9 Å². The third-order valence-corrected chi connectivity index (χ3v) is 3.31. The van der Waals surface area contributed by atoms with E-state index >= 15 is 0 Å². The lowest BCUT2D eigenvalue weighted by molar-refractivity contribution is -0.120. The van der Waals surface area contributed by atoms with Crippen LogP contribution in [0.5, 0.6) is 0 Å². The van der Waals surface area contributed by atoms with Crippen LogP contribution in [0.1, 0.15) is 26.3 Å². The van der Waals surface area contributed by atoms with E-state index in [1.807, 2.05) is 25.1 Å². The van der Waals surface area contributed by atoms with Crippen molar-refractivity contribution < 1.29 is 4.79 Å². The lowest BCUT2D eigenvalue weighted by Gasteiger charge is -2.24. The number of nitrogens with zero attached hydrogens (tertiary/aromatic N) is 1. The highest BCUT2D eigenvalue weighted by Crippen LogP contribution is 2.22. The van der Waals surface area contributed by atoms with E-state index in [1.165, 1.54) is 11.1 Å². The van der Waals surface area contributed by atoms with Crippen LogP contribution in [0.4, 0.5) is 5.69 Å². The average molecular weight is 244 g/mol. The monoisotopic (exact) mass is 244 g/mol. The minimum absolute atomic E-state index is 0.0714. The van der Waals surface area contributed by atoms with Gasteiger partial charge in [0.2, 0.25) is 5.91 Å². The third kappa shape index (κ3) is 2.79. The number of para-hydroxylation sites is 1. The van der Waals surface area contributed by atoms with Gasteiger partial charge < -0.3 is 5.32 Å². The zero-order valence-electron chi connectivity index (χ0n) is 11.2. The van der Waals surface area contributed by atoms with Crippen LogP contribution in [0.2, 0.25) is 0 Å². The van der Waals surface area contributed by atoms with Gasteiger partial charge in [0.25, 0.3) is 0 Å². The fraction of sp³-hybridized carbons (Fsp3) is 0.400. The molecule has 0 radical (unpaired) electrons. The van der Waals surface area contributed by atoms with Gasteiger partial charge in [0.15, 0.2) is 0 Å². The molecule has 96 valence electrons. The highest BCUT2D eigenvalue weighted by molar-refractivity contribution is 5.95. The molecule has 2 rings (SSSR count). The van der Waals surface area contributed by atoms with E-state index in [1.54, 1.807) is 0 Å². The second-order valence-corrected chi connectivity index (χ2v) is 5.03. The number of carbonyl (C=O) groups excluding carboxylic acids is 1. The van der Waals surface area contributed by atoms with Gasteiger partial charge in [0.1, 0.15) is 0 Å². The predicted molar refractivity (Wildman–Crippen MR) is 74.4 cm³/mol. The molecule has 1 N–H and O–H groups in total. The molecule has 0 saturated carbocycles. The van der Waals surface area contributed by atoms with Gasteiger partial charge in [-0.05, 0) is 32.4 Å². The molecule has 1 amide bonds. The Labute approximate surface area is 108 Å². The first-order valence-corrected chi connectivity index (χ1v) is 6.34. The van der Waals surface area contributed by atoms with Crippen LogP contribution in [0.25, 0.3) is 0 Å². The Morgan fingerprint density at radius 1 is 1.44 bits per heavy atom. The summed E-state index contributed by atoms with van der Waals surface area (Å²) in [5, 5.41) is 2.99. The van der Waals surface area contributed by atoms with Crippen LogP contribution >= 0.6 is 0 Å². The molecular weight excluding hydrogens is 224 g/mol. The van der Waals surface area contributed by atoms with Gasteiger partial charge in [0, 0.05) is 18.8 Å². The summed E-state index contributed by atoms with van der Waals surface area (Å²) in [6, 6.07) is 7.90. The van der Waals surface area contributed by atoms with Crippen LogP contribution in [0.3, 0.4) is 0 Å². The highest BCUT2D eigenvalue weighted by atomic mass is 16.2. The van der Waals surface area contributed by atoms with Crippen molar-refractivity contribution in [3.05, 3.63) is 41.5 Å². The van der Waals surface area contributed by atoms with Gasteiger partial charge in [-0.25, -0.2) is 0 Å². The second-order valence-electron chi connectivity index (χ2n) is 5.03. The first-order valence-electron chi connectivity index (χ1n) is 6.34. The summed E-state index contributed by atoms with van der Waals surface area (Å²) in [5.41, 5.74) is 3.39. The minimum atomic E-state index is -0.104.